The van der Waals surface area contributed by atoms with Gasteiger partial charge in [-0.1, -0.05) is 35.5 Å². The lowest BCUT2D eigenvalue weighted by Crippen LogP contribution is -2.20. The van der Waals surface area contributed by atoms with Crippen LogP contribution in [0, 0.1) is 6.92 Å². The Morgan fingerprint density at radius 1 is 1.07 bits per heavy atom. The van der Waals surface area contributed by atoms with Crippen LogP contribution in [-0.4, -0.2) is 38.1 Å². The summed E-state index contributed by atoms with van der Waals surface area (Å²) in [5.74, 6) is 2.43. The van der Waals surface area contributed by atoms with Gasteiger partial charge in [0.25, 0.3) is 0 Å². The van der Waals surface area contributed by atoms with Gasteiger partial charge in [0.2, 0.25) is 0 Å². The summed E-state index contributed by atoms with van der Waals surface area (Å²) >= 11 is 0. The summed E-state index contributed by atoms with van der Waals surface area (Å²) in [6.45, 7) is 4.58. The molecule has 4 aromatic rings. The number of nitrogens with zero attached hydrogens (tertiary/aromatic N) is 5. The fraction of sp³-hybridized carbons (Fsp3) is 0.273. The van der Waals surface area contributed by atoms with Crippen molar-refractivity contribution in [1.82, 2.24) is 25.0 Å². The lowest BCUT2D eigenvalue weighted by Gasteiger charge is -2.17. The molecule has 4 rings (SSSR count). The number of rotatable bonds is 7. The second-order valence-corrected chi connectivity index (χ2v) is 7.09. The van der Waals surface area contributed by atoms with Crippen molar-refractivity contribution in [3.05, 3.63) is 71.7 Å². The Morgan fingerprint density at radius 2 is 1.86 bits per heavy atom. The Kier molecular flexibility index (Phi) is 5.37. The number of fused-ring (bicyclic) bond motifs is 1. The van der Waals surface area contributed by atoms with Crippen LogP contribution < -0.4 is 10.1 Å². The van der Waals surface area contributed by atoms with Gasteiger partial charge in [-0.25, -0.2) is 14.6 Å². The molecule has 0 fully saturated rings. The summed E-state index contributed by atoms with van der Waals surface area (Å²) in [6, 6.07) is 18.1. The highest BCUT2D eigenvalue weighted by molar-refractivity contribution is 5.73. The quantitative estimate of drug-likeness (QED) is 0.521. The summed E-state index contributed by atoms with van der Waals surface area (Å²) in [4.78, 5) is 9.13. The van der Waals surface area contributed by atoms with E-state index in [0.717, 1.165) is 46.1 Å². The summed E-state index contributed by atoms with van der Waals surface area (Å²) < 4.78 is 7.32. The molecule has 0 bridgehead atoms. The minimum absolute atomic E-state index is 0.181. The van der Waals surface area contributed by atoms with Crippen LogP contribution >= 0.6 is 0 Å². The van der Waals surface area contributed by atoms with Gasteiger partial charge in [0.05, 0.1) is 24.9 Å². The van der Waals surface area contributed by atoms with E-state index in [0.29, 0.717) is 6.54 Å². The first-order chi connectivity index (χ1) is 14.1. The molecule has 2 aromatic heterocycles. The zero-order valence-corrected chi connectivity index (χ0v) is 16.8. The lowest BCUT2D eigenvalue weighted by atomic mass is 10.1. The van der Waals surface area contributed by atoms with Crippen LogP contribution in [-0.2, 0) is 13.0 Å². The van der Waals surface area contributed by atoms with Crippen LogP contribution in [0.3, 0.4) is 0 Å². The number of aromatic nitrogens is 5. The second kappa shape index (κ2) is 8.26. The molecule has 0 radical (unpaired) electrons. The Morgan fingerprint density at radius 3 is 2.72 bits per heavy atom. The summed E-state index contributed by atoms with van der Waals surface area (Å²) in [7, 11) is 1.70. The highest BCUT2D eigenvalue weighted by Gasteiger charge is 2.11. The molecule has 0 aliphatic rings. The molecule has 2 aromatic carbocycles. The Balaban J connectivity index is 1.51. The van der Waals surface area contributed by atoms with Crippen molar-refractivity contribution >= 4 is 16.9 Å². The molecule has 7 heteroatoms. The molecule has 29 heavy (non-hydrogen) atoms. The topological polar surface area (TPSA) is 77.8 Å². The maximum atomic E-state index is 5.46. The number of aryl methyl sites for hydroxylation is 1. The van der Waals surface area contributed by atoms with E-state index >= 15 is 0 Å². The molecule has 1 unspecified atom stereocenters. The van der Waals surface area contributed by atoms with Crippen molar-refractivity contribution in [3.63, 3.8) is 0 Å². The zero-order chi connectivity index (χ0) is 20.2. The van der Waals surface area contributed by atoms with E-state index in [1.54, 1.807) is 7.11 Å². The van der Waals surface area contributed by atoms with E-state index < -0.39 is 0 Å². The largest absolute Gasteiger partial charge is 0.496 e. The highest BCUT2D eigenvalue weighted by atomic mass is 16.5. The molecule has 7 nitrogen and oxygen atoms in total. The predicted octanol–water partition coefficient (Wildman–Crippen LogP) is 3.63. The molecule has 0 aliphatic carbocycles. The Bertz CT molecular complexity index is 1120. The fourth-order valence-corrected chi connectivity index (χ4v) is 3.48. The SMILES string of the molecule is COc1ccccc1CC(C)Nc1cc(Cn2nnc3ccccc32)nc(C)n1. The second-order valence-electron chi connectivity index (χ2n) is 7.09. The molecular formula is C22H24N6O. The van der Waals surface area contributed by atoms with Gasteiger partial charge in [-0.2, -0.15) is 0 Å². The molecule has 0 amide bonds. The van der Waals surface area contributed by atoms with Crippen molar-refractivity contribution in [3.8, 4) is 5.75 Å². The van der Waals surface area contributed by atoms with E-state index in [1.807, 2.05) is 60.1 Å². The van der Waals surface area contributed by atoms with Gasteiger partial charge in [0.1, 0.15) is 22.9 Å². The third-order valence-corrected chi connectivity index (χ3v) is 4.74. The number of para-hydroxylation sites is 2. The van der Waals surface area contributed by atoms with Crippen LogP contribution in [0.4, 0.5) is 5.82 Å². The van der Waals surface area contributed by atoms with Crippen LogP contribution in [0.2, 0.25) is 0 Å². The van der Waals surface area contributed by atoms with Gasteiger partial charge in [-0.15, -0.1) is 5.10 Å². The average Bonchev–Trinajstić information content (AvgIpc) is 3.11. The van der Waals surface area contributed by atoms with Gasteiger partial charge < -0.3 is 10.1 Å². The van der Waals surface area contributed by atoms with Crippen molar-refractivity contribution in [2.75, 3.05) is 12.4 Å². The molecule has 148 valence electrons. The van der Waals surface area contributed by atoms with Gasteiger partial charge in [0, 0.05) is 12.1 Å². The first-order valence-electron chi connectivity index (χ1n) is 9.63. The van der Waals surface area contributed by atoms with Crippen molar-refractivity contribution in [2.45, 2.75) is 32.9 Å². The molecule has 0 spiro atoms. The summed E-state index contributed by atoms with van der Waals surface area (Å²) in [6.07, 6.45) is 0.829. The maximum absolute atomic E-state index is 5.46. The number of ether oxygens (including phenoxy) is 1. The highest BCUT2D eigenvalue weighted by Crippen LogP contribution is 2.20. The van der Waals surface area contributed by atoms with Crippen LogP contribution in [0.1, 0.15) is 24.0 Å². The average molecular weight is 388 g/mol. The standard InChI is InChI=1S/C22H24N6O/c1-15(12-17-8-4-7-11-21(17)29-3)23-22-13-18(24-16(2)25-22)14-28-20-10-6-5-9-19(20)26-27-28/h4-11,13,15H,12,14H2,1-3H3,(H,23,24,25). The van der Waals surface area contributed by atoms with E-state index in [4.69, 9.17) is 4.74 Å². The number of methoxy groups -OCH3 is 1. The first kappa shape index (κ1) is 18.9. The number of nitrogens with one attached hydrogen (secondary N) is 1. The third-order valence-electron chi connectivity index (χ3n) is 4.74. The Labute approximate surface area is 169 Å². The third kappa shape index (κ3) is 4.34. The number of hydrogen-bond donors (Lipinski definition) is 1. The molecule has 1 atom stereocenters. The van der Waals surface area contributed by atoms with Gasteiger partial charge in [-0.05, 0) is 44.0 Å². The van der Waals surface area contributed by atoms with E-state index in [2.05, 4.69) is 38.6 Å². The number of benzene rings is 2. The first-order valence-corrected chi connectivity index (χ1v) is 9.63. The maximum Gasteiger partial charge on any atom is 0.130 e. The minimum Gasteiger partial charge on any atom is -0.496 e. The van der Waals surface area contributed by atoms with Crippen LogP contribution in [0.25, 0.3) is 11.0 Å². The van der Waals surface area contributed by atoms with Crippen molar-refractivity contribution in [1.29, 1.82) is 0 Å². The number of anilines is 1. The normalized spacial score (nSPS) is 12.1. The van der Waals surface area contributed by atoms with Gasteiger partial charge in [0.15, 0.2) is 0 Å². The fourth-order valence-electron chi connectivity index (χ4n) is 3.48. The number of hydrogen-bond acceptors (Lipinski definition) is 6. The zero-order valence-electron chi connectivity index (χ0n) is 16.8. The molecule has 0 aliphatic heterocycles. The van der Waals surface area contributed by atoms with Crippen LogP contribution in [0.15, 0.2) is 54.6 Å². The molecular weight excluding hydrogens is 364 g/mol. The van der Waals surface area contributed by atoms with Gasteiger partial charge in [-0.3, -0.25) is 0 Å². The van der Waals surface area contributed by atoms with E-state index in [9.17, 15) is 0 Å². The monoisotopic (exact) mass is 388 g/mol. The van der Waals surface area contributed by atoms with Gasteiger partial charge >= 0.3 is 0 Å². The van der Waals surface area contributed by atoms with Crippen molar-refractivity contribution in [2.24, 2.45) is 0 Å². The summed E-state index contributed by atoms with van der Waals surface area (Å²) in [5.41, 5.74) is 3.92. The van der Waals surface area contributed by atoms with Crippen LogP contribution in [0.5, 0.6) is 5.75 Å². The molecule has 0 saturated heterocycles. The predicted molar refractivity (Wildman–Crippen MR) is 113 cm³/mol. The minimum atomic E-state index is 0.181. The van der Waals surface area contributed by atoms with E-state index in [-0.39, 0.29) is 6.04 Å². The lowest BCUT2D eigenvalue weighted by molar-refractivity contribution is 0.409. The van der Waals surface area contributed by atoms with Crippen molar-refractivity contribution < 1.29 is 4.74 Å². The molecule has 2 heterocycles. The molecule has 1 N–H and O–H groups in total. The van der Waals surface area contributed by atoms with E-state index in [1.165, 1.54) is 0 Å². The Hall–Kier alpha value is -3.48. The molecule has 0 saturated carbocycles. The smallest absolute Gasteiger partial charge is 0.130 e. The summed E-state index contributed by atoms with van der Waals surface area (Å²) in [5, 5.41) is 12.0.